The summed E-state index contributed by atoms with van der Waals surface area (Å²) in [6, 6.07) is 3.36. The lowest BCUT2D eigenvalue weighted by atomic mass is 10.3. The van der Waals surface area contributed by atoms with Crippen molar-refractivity contribution in [1.29, 1.82) is 0 Å². The number of nitrogens with one attached hydrogen (secondary N) is 2. The van der Waals surface area contributed by atoms with E-state index in [2.05, 4.69) is 22.5 Å². The van der Waals surface area contributed by atoms with E-state index in [1.807, 2.05) is 0 Å². The molecule has 0 radical (unpaired) electrons. The molecule has 0 bridgehead atoms. The normalized spacial score (nSPS) is 9.71. The number of aromatic nitrogens is 1. The number of carbonyl (C=O) groups excluding carboxylic acids is 2. The molecule has 4 N–H and O–H groups in total. The van der Waals surface area contributed by atoms with Crippen LogP contribution in [0.5, 0.6) is 0 Å². The molecule has 0 aliphatic carbocycles. The summed E-state index contributed by atoms with van der Waals surface area (Å²) in [6.07, 6.45) is 2.59. The SMILES string of the molecule is CCCNc1ccc(C(=O)NCC(N)=O)nc1. The Balaban J connectivity index is 2.54. The highest BCUT2D eigenvalue weighted by Crippen LogP contribution is 2.05. The molecule has 0 saturated carbocycles. The van der Waals surface area contributed by atoms with Gasteiger partial charge < -0.3 is 16.4 Å². The molecule has 0 atom stereocenters. The van der Waals surface area contributed by atoms with Crippen LogP contribution in [-0.2, 0) is 4.79 Å². The van der Waals surface area contributed by atoms with Crippen LogP contribution in [0.25, 0.3) is 0 Å². The average molecular weight is 236 g/mol. The fourth-order valence-corrected chi connectivity index (χ4v) is 1.16. The third kappa shape index (κ3) is 4.50. The van der Waals surface area contributed by atoms with Gasteiger partial charge in [-0.25, -0.2) is 4.98 Å². The number of carbonyl (C=O) groups is 2. The molecule has 0 saturated heterocycles. The fourth-order valence-electron chi connectivity index (χ4n) is 1.16. The third-order valence-corrected chi connectivity index (χ3v) is 2.00. The Morgan fingerprint density at radius 1 is 1.41 bits per heavy atom. The second kappa shape index (κ2) is 6.47. The molecule has 1 aromatic heterocycles. The molecular weight excluding hydrogens is 220 g/mol. The Kier molecular flexibility index (Phi) is 4.93. The molecule has 17 heavy (non-hydrogen) atoms. The van der Waals surface area contributed by atoms with Gasteiger partial charge in [0.2, 0.25) is 5.91 Å². The number of anilines is 1. The summed E-state index contributed by atoms with van der Waals surface area (Å²) in [5.41, 5.74) is 6.03. The molecule has 0 spiro atoms. The Labute approximate surface area is 99.6 Å². The minimum atomic E-state index is -0.584. The molecule has 0 unspecified atom stereocenters. The number of hydrogen-bond donors (Lipinski definition) is 3. The summed E-state index contributed by atoms with van der Waals surface area (Å²) in [5, 5.41) is 5.51. The first-order chi connectivity index (χ1) is 8.13. The maximum atomic E-state index is 11.5. The smallest absolute Gasteiger partial charge is 0.270 e. The number of primary amides is 1. The molecule has 0 aliphatic heterocycles. The molecule has 0 aromatic carbocycles. The third-order valence-electron chi connectivity index (χ3n) is 2.00. The summed E-state index contributed by atoms with van der Waals surface area (Å²) in [7, 11) is 0. The Bertz CT molecular complexity index is 389. The topological polar surface area (TPSA) is 97.1 Å². The second-order valence-electron chi connectivity index (χ2n) is 3.51. The molecule has 0 fully saturated rings. The molecule has 2 amide bonds. The fraction of sp³-hybridized carbons (Fsp3) is 0.364. The maximum Gasteiger partial charge on any atom is 0.270 e. The van der Waals surface area contributed by atoms with Gasteiger partial charge in [-0.15, -0.1) is 0 Å². The van der Waals surface area contributed by atoms with Crippen LogP contribution in [0, 0.1) is 0 Å². The molecule has 1 aromatic rings. The molecule has 1 heterocycles. The number of pyridine rings is 1. The zero-order valence-electron chi connectivity index (χ0n) is 9.69. The van der Waals surface area contributed by atoms with Gasteiger partial charge in [-0.1, -0.05) is 6.92 Å². The van der Waals surface area contributed by atoms with Gasteiger partial charge in [0.1, 0.15) is 5.69 Å². The number of rotatable bonds is 6. The minimum absolute atomic E-state index is 0.184. The van der Waals surface area contributed by atoms with E-state index in [4.69, 9.17) is 5.73 Å². The Morgan fingerprint density at radius 2 is 2.18 bits per heavy atom. The summed E-state index contributed by atoms with van der Waals surface area (Å²) >= 11 is 0. The molecular formula is C11H16N4O2. The van der Waals surface area contributed by atoms with Crippen molar-refractivity contribution in [3.63, 3.8) is 0 Å². The van der Waals surface area contributed by atoms with Crippen molar-refractivity contribution in [1.82, 2.24) is 10.3 Å². The van der Waals surface area contributed by atoms with E-state index in [1.165, 1.54) is 0 Å². The molecule has 1 rings (SSSR count). The van der Waals surface area contributed by atoms with Crippen molar-refractivity contribution in [3.8, 4) is 0 Å². The van der Waals surface area contributed by atoms with Crippen molar-refractivity contribution in [2.24, 2.45) is 5.73 Å². The highest BCUT2D eigenvalue weighted by Gasteiger charge is 2.07. The molecule has 0 aliphatic rings. The molecule has 92 valence electrons. The summed E-state index contributed by atoms with van der Waals surface area (Å²) in [5.74, 6) is -0.995. The zero-order valence-corrected chi connectivity index (χ0v) is 9.69. The van der Waals surface area contributed by atoms with Crippen molar-refractivity contribution >= 4 is 17.5 Å². The number of amides is 2. The van der Waals surface area contributed by atoms with Gasteiger partial charge in [0, 0.05) is 6.54 Å². The predicted molar refractivity (Wildman–Crippen MR) is 64.5 cm³/mol. The van der Waals surface area contributed by atoms with Crippen LogP contribution < -0.4 is 16.4 Å². The van der Waals surface area contributed by atoms with Crippen LogP contribution in [0.3, 0.4) is 0 Å². The number of nitrogens with zero attached hydrogens (tertiary/aromatic N) is 1. The number of nitrogens with two attached hydrogens (primary N) is 1. The van der Waals surface area contributed by atoms with Gasteiger partial charge in [0.15, 0.2) is 0 Å². The largest absolute Gasteiger partial charge is 0.384 e. The second-order valence-corrected chi connectivity index (χ2v) is 3.51. The van der Waals surface area contributed by atoms with E-state index in [0.717, 1.165) is 18.7 Å². The summed E-state index contributed by atoms with van der Waals surface area (Å²) < 4.78 is 0. The average Bonchev–Trinajstić information content (AvgIpc) is 2.34. The van der Waals surface area contributed by atoms with E-state index in [9.17, 15) is 9.59 Å². The van der Waals surface area contributed by atoms with Gasteiger partial charge in [0.25, 0.3) is 5.91 Å². The summed E-state index contributed by atoms with van der Waals surface area (Å²) in [4.78, 5) is 25.9. The Hall–Kier alpha value is -2.11. The van der Waals surface area contributed by atoms with Crippen LogP contribution >= 0.6 is 0 Å². The standard InChI is InChI=1S/C11H16N4O2/c1-2-5-13-8-3-4-9(14-6-8)11(17)15-7-10(12)16/h3-4,6,13H,2,5,7H2,1H3,(H2,12,16)(H,15,17). The first-order valence-electron chi connectivity index (χ1n) is 5.40. The van der Waals surface area contributed by atoms with Gasteiger partial charge in [-0.2, -0.15) is 0 Å². The van der Waals surface area contributed by atoms with Gasteiger partial charge >= 0.3 is 0 Å². The van der Waals surface area contributed by atoms with Crippen molar-refractivity contribution in [2.75, 3.05) is 18.4 Å². The lowest BCUT2D eigenvalue weighted by Gasteiger charge is -2.05. The predicted octanol–water partition coefficient (Wildman–Crippen LogP) is 0.119. The molecule has 6 heteroatoms. The highest BCUT2D eigenvalue weighted by molar-refractivity contribution is 5.94. The monoisotopic (exact) mass is 236 g/mol. The van der Waals surface area contributed by atoms with Crippen LogP contribution in [0.2, 0.25) is 0 Å². The van der Waals surface area contributed by atoms with E-state index in [1.54, 1.807) is 18.3 Å². The number of hydrogen-bond acceptors (Lipinski definition) is 4. The minimum Gasteiger partial charge on any atom is -0.384 e. The van der Waals surface area contributed by atoms with E-state index in [0.29, 0.717) is 0 Å². The van der Waals surface area contributed by atoms with Crippen molar-refractivity contribution in [3.05, 3.63) is 24.0 Å². The molecule has 6 nitrogen and oxygen atoms in total. The first kappa shape index (κ1) is 13.0. The van der Waals surface area contributed by atoms with Crippen molar-refractivity contribution in [2.45, 2.75) is 13.3 Å². The lowest BCUT2D eigenvalue weighted by Crippen LogP contribution is -2.33. The lowest BCUT2D eigenvalue weighted by molar-refractivity contribution is -0.117. The van der Waals surface area contributed by atoms with E-state index >= 15 is 0 Å². The van der Waals surface area contributed by atoms with Crippen LogP contribution in [0.4, 0.5) is 5.69 Å². The van der Waals surface area contributed by atoms with Crippen LogP contribution in [0.1, 0.15) is 23.8 Å². The van der Waals surface area contributed by atoms with Gasteiger partial charge in [-0.05, 0) is 18.6 Å². The van der Waals surface area contributed by atoms with Gasteiger partial charge in [0.05, 0.1) is 18.4 Å². The quantitative estimate of drug-likeness (QED) is 0.653. The van der Waals surface area contributed by atoms with Crippen LogP contribution in [-0.4, -0.2) is 29.9 Å². The Morgan fingerprint density at radius 3 is 2.71 bits per heavy atom. The highest BCUT2D eigenvalue weighted by atomic mass is 16.2. The maximum absolute atomic E-state index is 11.5. The van der Waals surface area contributed by atoms with Crippen molar-refractivity contribution < 1.29 is 9.59 Å². The summed E-state index contributed by atoms with van der Waals surface area (Å²) in [6.45, 7) is 2.73. The van der Waals surface area contributed by atoms with E-state index in [-0.39, 0.29) is 12.2 Å². The first-order valence-corrected chi connectivity index (χ1v) is 5.40. The van der Waals surface area contributed by atoms with Crippen LogP contribution in [0.15, 0.2) is 18.3 Å². The van der Waals surface area contributed by atoms with Gasteiger partial charge in [-0.3, -0.25) is 9.59 Å². The van der Waals surface area contributed by atoms with E-state index < -0.39 is 11.8 Å². The zero-order chi connectivity index (χ0) is 12.7.